The van der Waals surface area contributed by atoms with E-state index in [0.29, 0.717) is 17.4 Å². The minimum atomic E-state index is -0.0872. The van der Waals surface area contributed by atoms with Crippen molar-refractivity contribution in [3.63, 3.8) is 0 Å². The molecule has 0 aliphatic rings. The number of thioether (sulfide) groups is 1. The number of nitrogens with zero attached hydrogens (tertiary/aromatic N) is 2. The smallest absolute Gasteiger partial charge is 0.234 e. The molecule has 1 N–H and O–H groups in total. The molecule has 1 amide bonds. The van der Waals surface area contributed by atoms with E-state index in [1.54, 1.807) is 0 Å². The molecule has 0 aliphatic carbocycles. The summed E-state index contributed by atoms with van der Waals surface area (Å²) >= 11 is 1.49. The van der Waals surface area contributed by atoms with E-state index in [9.17, 15) is 4.79 Å². The van der Waals surface area contributed by atoms with Crippen molar-refractivity contribution in [3.8, 4) is 11.6 Å². The molecule has 1 heterocycles. The Labute approximate surface area is 160 Å². The summed E-state index contributed by atoms with van der Waals surface area (Å²) < 4.78 is 5.94. The highest BCUT2D eigenvalue weighted by molar-refractivity contribution is 7.99. The third kappa shape index (κ3) is 5.73. The fraction of sp³-hybridized carbons (Fsp3) is 0.450. The van der Waals surface area contributed by atoms with Crippen molar-refractivity contribution in [2.75, 3.05) is 17.3 Å². The van der Waals surface area contributed by atoms with Crippen LogP contribution in [-0.4, -0.2) is 27.9 Å². The van der Waals surface area contributed by atoms with Gasteiger partial charge in [0.05, 0.1) is 11.4 Å². The highest BCUT2D eigenvalue weighted by Gasteiger charge is 2.19. The van der Waals surface area contributed by atoms with E-state index in [0.717, 1.165) is 17.2 Å². The first-order valence-corrected chi connectivity index (χ1v) is 10.0. The number of aromatic nitrogens is 2. The molecule has 0 bridgehead atoms. The molecule has 2 aromatic rings. The second-order valence-corrected chi connectivity index (χ2v) is 8.33. The van der Waals surface area contributed by atoms with Gasteiger partial charge in [0, 0.05) is 23.1 Å². The molecule has 0 saturated heterocycles. The zero-order valence-electron chi connectivity index (χ0n) is 16.3. The van der Waals surface area contributed by atoms with Crippen molar-refractivity contribution < 1.29 is 9.53 Å². The zero-order valence-corrected chi connectivity index (χ0v) is 17.1. The van der Waals surface area contributed by atoms with E-state index in [2.05, 4.69) is 49.9 Å². The Morgan fingerprint density at radius 1 is 1.19 bits per heavy atom. The minimum Gasteiger partial charge on any atom is -0.439 e. The standard InChI is InChI=1S/C20H27N3O2S/c1-13(2)19-22-16(20(3,4)5)11-18(23-19)25-15-9-7-14(8-10-15)21-17(24)12-26-6/h7-11,13H,12H2,1-6H3,(H,21,24). The van der Waals surface area contributed by atoms with Crippen molar-refractivity contribution >= 4 is 23.4 Å². The van der Waals surface area contributed by atoms with Crippen LogP contribution in [0.4, 0.5) is 5.69 Å². The lowest BCUT2D eigenvalue weighted by Crippen LogP contribution is -2.16. The van der Waals surface area contributed by atoms with E-state index in [4.69, 9.17) is 4.74 Å². The van der Waals surface area contributed by atoms with Crippen LogP contribution in [0.2, 0.25) is 0 Å². The first-order valence-electron chi connectivity index (χ1n) is 8.65. The average Bonchev–Trinajstić information content (AvgIpc) is 2.56. The number of anilines is 1. The first-order chi connectivity index (χ1) is 12.2. The summed E-state index contributed by atoms with van der Waals surface area (Å²) in [6, 6.07) is 9.18. The molecule has 0 fully saturated rings. The quantitative estimate of drug-likeness (QED) is 0.773. The Morgan fingerprint density at radius 3 is 2.38 bits per heavy atom. The van der Waals surface area contributed by atoms with Crippen LogP contribution in [0.3, 0.4) is 0 Å². The molecule has 6 heteroatoms. The number of amides is 1. The number of carbonyl (C=O) groups is 1. The highest BCUT2D eigenvalue weighted by Crippen LogP contribution is 2.28. The molecule has 0 atom stereocenters. The van der Waals surface area contributed by atoms with Crippen LogP contribution in [0.1, 0.15) is 52.1 Å². The van der Waals surface area contributed by atoms with Crippen LogP contribution in [0.25, 0.3) is 0 Å². The second kappa shape index (κ2) is 8.54. The maximum atomic E-state index is 11.6. The SMILES string of the molecule is CSCC(=O)Nc1ccc(Oc2cc(C(C)(C)C)nc(C(C)C)n2)cc1. The monoisotopic (exact) mass is 373 g/mol. The predicted octanol–water partition coefficient (Wildman–Crippen LogP) is 4.99. The summed E-state index contributed by atoms with van der Waals surface area (Å²) in [5.74, 6) is 2.61. The van der Waals surface area contributed by atoms with Crippen molar-refractivity contribution in [1.82, 2.24) is 9.97 Å². The molecule has 0 spiro atoms. The van der Waals surface area contributed by atoms with Crippen LogP contribution in [0.5, 0.6) is 11.6 Å². The van der Waals surface area contributed by atoms with Crippen molar-refractivity contribution in [2.45, 2.75) is 46.0 Å². The Hall–Kier alpha value is -2.08. The fourth-order valence-electron chi connectivity index (χ4n) is 2.19. The molecule has 26 heavy (non-hydrogen) atoms. The van der Waals surface area contributed by atoms with Crippen LogP contribution in [0, 0.1) is 0 Å². The third-order valence-corrected chi connectivity index (χ3v) is 4.19. The lowest BCUT2D eigenvalue weighted by molar-refractivity contribution is -0.113. The normalized spacial score (nSPS) is 11.5. The van der Waals surface area contributed by atoms with Crippen molar-refractivity contribution in [1.29, 1.82) is 0 Å². The number of carbonyl (C=O) groups excluding carboxylic acids is 1. The van der Waals surface area contributed by atoms with Gasteiger partial charge in [-0.2, -0.15) is 16.7 Å². The van der Waals surface area contributed by atoms with E-state index < -0.39 is 0 Å². The summed E-state index contributed by atoms with van der Waals surface area (Å²) in [6.07, 6.45) is 1.90. The Bertz CT molecular complexity index is 753. The number of nitrogens with one attached hydrogen (secondary N) is 1. The largest absolute Gasteiger partial charge is 0.439 e. The maximum absolute atomic E-state index is 11.6. The summed E-state index contributed by atoms with van der Waals surface area (Å²) in [7, 11) is 0. The van der Waals surface area contributed by atoms with Gasteiger partial charge in [-0.05, 0) is 30.5 Å². The van der Waals surface area contributed by atoms with Crippen molar-refractivity contribution in [3.05, 3.63) is 41.9 Å². The second-order valence-electron chi connectivity index (χ2n) is 7.46. The van der Waals surface area contributed by atoms with Gasteiger partial charge in [0.2, 0.25) is 11.8 Å². The third-order valence-electron chi connectivity index (χ3n) is 3.64. The number of ether oxygens (including phenoxy) is 1. The van der Waals surface area contributed by atoms with Crippen LogP contribution in [-0.2, 0) is 10.2 Å². The Balaban J connectivity index is 2.19. The fourth-order valence-corrected chi connectivity index (χ4v) is 2.53. The zero-order chi connectivity index (χ0) is 19.3. The number of rotatable bonds is 6. The van der Waals surface area contributed by atoms with E-state index in [1.165, 1.54) is 11.8 Å². The maximum Gasteiger partial charge on any atom is 0.234 e. The molecule has 5 nitrogen and oxygen atoms in total. The Kier molecular flexibility index (Phi) is 6.64. The van der Waals surface area contributed by atoms with Gasteiger partial charge >= 0.3 is 0 Å². The van der Waals surface area contributed by atoms with Gasteiger partial charge in [-0.3, -0.25) is 4.79 Å². The van der Waals surface area contributed by atoms with E-state index in [1.807, 2.05) is 36.6 Å². The number of hydrogen-bond donors (Lipinski definition) is 1. The van der Waals surface area contributed by atoms with Crippen LogP contribution >= 0.6 is 11.8 Å². The van der Waals surface area contributed by atoms with Crippen molar-refractivity contribution in [2.24, 2.45) is 0 Å². The molecule has 0 radical (unpaired) electrons. The lowest BCUT2D eigenvalue weighted by Gasteiger charge is -2.20. The number of hydrogen-bond acceptors (Lipinski definition) is 5. The van der Waals surface area contributed by atoms with Gasteiger partial charge in [-0.15, -0.1) is 0 Å². The highest BCUT2D eigenvalue weighted by atomic mass is 32.2. The molecule has 0 unspecified atom stereocenters. The minimum absolute atomic E-state index is 0.0154. The molecule has 1 aromatic heterocycles. The van der Waals surface area contributed by atoms with Gasteiger partial charge in [0.1, 0.15) is 11.6 Å². The molecule has 0 aliphatic heterocycles. The predicted molar refractivity (Wildman–Crippen MR) is 108 cm³/mol. The summed E-state index contributed by atoms with van der Waals surface area (Å²) in [5.41, 5.74) is 1.61. The van der Waals surface area contributed by atoms with Gasteiger partial charge in [-0.1, -0.05) is 34.6 Å². The first kappa shape index (κ1) is 20.2. The molecule has 0 saturated carbocycles. The van der Waals surface area contributed by atoms with Crippen LogP contribution < -0.4 is 10.1 Å². The lowest BCUT2D eigenvalue weighted by atomic mass is 9.92. The van der Waals surface area contributed by atoms with E-state index >= 15 is 0 Å². The summed E-state index contributed by atoms with van der Waals surface area (Å²) in [4.78, 5) is 20.8. The molecule has 2 rings (SSSR count). The van der Waals surface area contributed by atoms with Gasteiger partial charge in [0.25, 0.3) is 0 Å². The van der Waals surface area contributed by atoms with Gasteiger partial charge in [-0.25, -0.2) is 4.98 Å². The molecular formula is C20H27N3O2S. The van der Waals surface area contributed by atoms with E-state index in [-0.39, 0.29) is 17.2 Å². The van der Waals surface area contributed by atoms with Gasteiger partial charge < -0.3 is 10.1 Å². The van der Waals surface area contributed by atoms with Gasteiger partial charge in [0.15, 0.2) is 0 Å². The van der Waals surface area contributed by atoms with Crippen LogP contribution in [0.15, 0.2) is 30.3 Å². The molecule has 140 valence electrons. The summed E-state index contributed by atoms with van der Waals surface area (Å²) in [6.45, 7) is 10.5. The topological polar surface area (TPSA) is 64.1 Å². The summed E-state index contributed by atoms with van der Waals surface area (Å²) in [5, 5.41) is 2.85. The molecule has 1 aromatic carbocycles. The average molecular weight is 374 g/mol. The molecular weight excluding hydrogens is 346 g/mol. The Morgan fingerprint density at radius 2 is 1.85 bits per heavy atom. The number of benzene rings is 1.